The Bertz CT molecular complexity index is 1900. The third-order valence-corrected chi connectivity index (χ3v) is 7.62. The lowest BCUT2D eigenvalue weighted by molar-refractivity contribution is -0.120. The van der Waals surface area contributed by atoms with Crippen LogP contribution in [0.1, 0.15) is 11.1 Å². The molecule has 3 aromatic heterocycles. The van der Waals surface area contributed by atoms with Gasteiger partial charge in [-0.25, -0.2) is 18.1 Å². The Morgan fingerprint density at radius 3 is 2.29 bits per heavy atom. The number of carbonyl (C=O) groups is 1. The number of primary amides is 1. The number of rotatable bonds is 9. The number of benzene rings is 2. The lowest BCUT2D eigenvalue weighted by Gasteiger charge is -2.14. The van der Waals surface area contributed by atoms with Crippen molar-refractivity contribution in [2.24, 2.45) is 5.73 Å². The highest BCUT2D eigenvalue weighted by atomic mass is 32.1. The number of carbonyl (C=O) groups excluding carboxylic acids is 1. The molecule has 0 aliphatic rings. The van der Waals surface area contributed by atoms with E-state index in [1.54, 1.807) is 24.3 Å². The molecule has 216 valence electrons. The molecule has 0 spiro atoms. The van der Waals surface area contributed by atoms with E-state index in [1.165, 1.54) is 18.2 Å². The van der Waals surface area contributed by atoms with E-state index in [0.29, 0.717) is 22.7 Å². The van der Waals surface area contributed by atoms with Gasteiger partial charge < -0.3 is 21.1 Å². The van der Waals surface area contributed by atoms with Crippen molar-refractivity contribution in [2.45, 2.75) is 13.1 Å². The number of hydrogen-bond acceptors (Lipinski definition) is 9. The summed E-state index contributed by atoms with van der Waals surface area (Å²) in [5.74, 6) is -2.62. The van der Waals surface area contributed by atoms with Gasteiger partial charge in [-0.05, 0) is 55.6 Å². The van der Waals surface area contributed by atoms with Gasteiger partial charge in [0.05, 0.1) is 11.9 Å². The second kappa shape index (κ2) is 11.5. The van der Waals surface area contributed by atoms with Gasteiger partial charge in [-0.15, -0.1) is 21.5 Å². The molecule has 0 saturated heterocycles. The standard InChI is InChI=1S/C28H25F2N7O4S/c1-35(2)12-18-24-26(39)37(22-10-11-23(34-33-22)41-14-21(32)38)28(40)36(13-17-19(29)4-3-5-20(17)30)27(24)42-25(18)15-6-8-16(31)9-7-15/h3-11H,12-14,31H2,1-2H3,(H2,32,38). The highest BCUT2D eigenvalue weighted by Crippen LogP contribution is 2.38. The Balaban J connectivity index is 1.82. The minimum atomic E-state index is -0.878. The van der Waals surface area contributed by atoms with Gasteiger partial charge in [0.1, 0.15) is 16.5 Å². The van der Waals surface area contributed by atoms with Crippen molar-refractivity contribution in [1.29, 1.82) is 0 Å². The van der Waals surface area contributed by atoms with Crippen LogP contribution in [0.25, 0.3) is 26.5 Å². The minimum absolute atomic E-state index is 0.0603. The smallest absolute Gasteiger partial charge is 0.338 e. The van der Waals surface area contributed by atoms with Crippen LogP contribution in [0.3, 0.4) is 0 Å². The zero-order valence-corrected chi connectivity index (χ0v) is 23.3. The van der Waals surface area contributed by atoms with Crippen LogP contribution in [0.2, 0.25) is 0 Å². The van der Waals surface area contributed by atoms with Gasteiger partial charge in [0.15, 0.2) is 12.4 Å². The van der Waals surface area contributed by atoms with E-state index in [1.807, 2.05) is 19.0 Å². The van der Waals surface area contributed by atoms with Gasteiger partial charge in [-0.2, -0.15) is 0 Å². The van der Waals surface area contributed by atoms with Crippen LogP contribution in [-0.2, 0) is 17.9 Å². The molecule has 5 aromatic rings. The third kappa shape index (κ3) is 5.49. The first-order chi connectivity index (χ1) is 20.0. The zero-order chi connectivity index (χ0) is 30.1. The van der Waals surface area contributed by atoms with E-state index in [9.17, 15) is 23.2 Å². The first kappa shape index (κ1) is 28.6. The van der Waals surface area contributed by atoms with Crippen molar-refractivity contribution in [3.05, 3.63) is 98.2 Å². The average Bonchev–Trinajstić information content (AvgIpc) is 3.31. The predicted octanol–water partition coefficient (Wildman–Crippen LogP) is 2.51. The predicted molar refractivity (Wildman–Crippen MR) is 155 cm³/mol. The molecular formula is C28H25F2N7O4S. The van der Waals surface area contributed by atoms with Crippen LogP contribution in [0.15, 0.2) is 64.2 Å². The molecule has 0 saturated carbocycles. The van der Waals surface area contributed by atoms with Gasteiger partial charge in [0, 0.05) is 28.7 Å². The maximum absolute atomic E-state index is 14.8. The minimum Gasteiger partial charge on any atom is -0.467 e. The summed E-state index contributed by atoms with van der Waals surface area (Å²) in [6, 6.07) is 13.1. The molecule has 0 bridgehead atoms. The third-order valence-electron chi connectivity index (χ3n) is 6.32. The van der Waals surface area contributed by atoms with Crippen molar-refractivity contribution in [1.82, 2.24) is 24.2 Å². The lowest BCUT2D eigenvalue weighted by Crippen LogP contribution is -2.39. The normalized spacial score (nSPS) is 11.4. The van der Waals surface area contributed by atoms with E-state index in [0.717, 1.165) is 38.2 Å². The number of ether oxygens (including phenoxy) is 1. The number of thiophene rings is 1. The van der Waals surface area contributed by atoms with Crippen molar-refractivity contribution >= 4 is 33.1 Å². The number of amides is 1. The molecule has 0 atom stereocenters. The van der Waals surface area contributed by atoms with Crippen LogP contribution >= 0.6 is 11.3 Å². The first-order valence-corrected chi connectivity index (χ1v) is 13.4. The summed E-state index contributed by atoms with van der Waals surface area (Å²) >= 11 is 1.16. The van der Waals surface area contributed by atoms with E-state index < -0.39 is 41.9 Å². The van der Waals surface area contributed by atoms with Crippen molar-refractivity contribution in [3.8, 4) is 22.1 Å². The molecule has 0 aliphatic heterocycles. The fraction of sp³-hybridized carbons (Fsp3) is 0.179. The number of nitrogens with zero attached hydrogens (tertiary/aromatic N) is 5. The maximum atomic E-state index is 14.8. The number of fused-ring (bicyclic) bond motifs is 1. The SMILES string of the molecule is CN(C)Cc1c(-c2ccc(N)cc2)sc2c1c(=O)n(-c1ccc(OCC(N)=O)nn1)c(=O)n2Cc1c(F)cccc1F. The summed E-state index contributed by atoms with van der Waals surface area (Å²) < 4.78 is 36.7. The van der Waals surface area contributed by atoms with Gasteiger partial charge >= 0.3 is 5.69 Å². The number of nitrogens with two attached hydrogens (primary N) is 2. The molecule has 3 heterocycles. The molecular weight excluding hydrogens is 568 g/mol. The van der Waals surface area contributed by atoms with Gasteiger partial charge in [-0.3, -0.25) is 14.2 Å². The molecule has 14 heteroatoms. The Hall–Kier alpha value is -4.95. The van der Waals surface area contributed by atoms with Gasteiger partial charge in [0.25, 0.3) is 11.5 Å². The van der Waals surface area contributed by atoms with Gasteiger partial charge in [-0.1, -0.05) is 18.2 Å². The topological polar surface area (TPSA) is 151 Å². The van der Waals surface area contributed by atoms with E-state index in [2.05, 4.69) is 10.2 Å². The van der Waals surface area contributed by atoms with Crippen LogP contribution in [0.4, 0.5) is 14.5 Å². The fourth-order valence-corrected chi connectivity index (χ4v) is 5.74. The van der Waals surface area contributed by atoms with E-state index in [-0.39, 0.29) is 27.5 Å². The molecule has 4 N–H and O–H groups in total. The molecule has 2 aromatic carbocycles. The number of nitrogen functional groups attached to an aromatic ring is 1. The molecule has 0 fully saturated rings. The molecule has 1 amide bonds. The first-order valence-electron chi connectivity index (χ1n) is 12.5. The summed E-state index contributed by atoms with van der Waals surface area (Å²) in [6.45, 7) is -0.630. The number of aromatic nitrogens is 4. The highest BCUT2D eigenvalue weighted by molar-refractivity contribution is 7.22. The molecule has 11 nitrogen and oxygen atoms in total. The fourth-order valence-electron chi connectivity index (χ4n) is 4.44. The van der Waals surface area contributed by atoms with Crippen LogP contribution < -0.4 is 27.5 Å². The average molecular weight is 594 g/mol. The van der Waals surface area contributed by atoms with Gasteiger partial charge in [0.2, 0.25) is 5.88 Å². The quantitative estimate of drug-likeness (QED) is 0.248. The second-order valence-electron chi connectivity index (χ2n) is 9.64. The Kier molecular flexibility index (Phi) is 7.83. The van der Waals surface area contributed by atoms with Crippen molar-refractivity contribution < 1.29 is 18.3 Å². The van der Waals surface area contributed by atoms with Crippen LogP contribution in [0.5, 0.6) is 5.88 Å². The summed E-state index contributed by atoms with van der Waals surface area (Å²) in [7, 11) is 3.66. The summed E-state index contributed by atoms with van der Waals surface area (Å²) in [4.78, 5) is 41.9. The summed E-state index contributed by atoms with van der Waals surface area (Å²) in [6.07, 6.45) is 0. The monoisotopic (exact) mass is 593 g/mol. The second-order valence-corrected chi connectivity index (χ2v) is 10.6. The molecule has 0 aliphatic carbocycles. The molecule has 42 heavy (non-hydrogen) atoms. The van der Waals surface area contributed by atoms with Crippen molar-refractivity contribution in [3.63, 3.8) is 0 Å². The van der Waals surface area contributed by atoms with E-state index >= 15 is 0 Å². The number of halogens is 2. The largest absolute Gasteiger partial charge is 0.467 e. The van der Waals surface area contributed by atoms with Crippen molar-refractivity contribution in [2.75, 3.05) is 26.4 Å². The highest BCUT2D eigenvalue weighted by Gasteiger charge is 2.25. The molecule has 0 unspecified atom stereocenters. The number of hydrogen-bond donors (Lipinski definition) is 2. The molecule has 5 rings (SSSR count). The molecule has 0 radical (unpaired) electrons. The zero-order valence-electron chi connectivity index (χ0n) is 22.5. The van der Waals surface area contributed by atoms with Crippen LogP contribution in [-0.4, -0.2) is 50.8 Å². The maximum Gasteiger partial charge on any atom is 0.338 e. The Morgan fingerprint density at radius 2 is 1.69 bits per heavy atom. The van der Waals surface area contributed by atoms with E-state index in [4.69, 9.17) is 16.2 Å². The summed E-state index contributed by atoms with van der Waals surface area (Å²) in [5.41, 5.74) is 11.0. The van der Waals surface area contributed by atoms with Crippen LogP contribution in [0, 0.1) is 11.6 Å². The summed E-state index contributed by atoms with van der Waals surface area (Å²) in [5, 5.41) is 7.98. The Labute approximate surface area is 241 Å². The Morgan fingerprint density at radius 1 is 1.00 bits per heavy atom. The lowest BCUT2D eigenvalue weighted by atomic mass is 10.1. The number of anilines is 1.